The van der Waals surface area contributed by atoms with Crippen LogP contribution >= 0.6 is 23.1 Å². The highest BCUT2D eigenvalue weighted by Crippen LogP contribution is 2.24. The van der Waals surface area contributed by atoms with Crippen LogP contribution in [-0.4, -0.2) is 44.3 Å². The van der Waals surface area contributed by atoms with Crippen LogP contribution in [0.4, 0.5) is 0 Å². The maximum atomic E-state index is 12.3. The molecule has 0 spiro atoms. The molecule has 2 aromatic rings. The van der Waals surface area contributed by atoms with E-state index in [1.165, 1.54) is 18.2 Å². The van der Waals surface area contributed by atoms with Gasteiger partial charge in [-0.05, 0) is 37.6 Å². The van der Waals surface area contributed by atoms with Crippen molar-refractivity contribution in [2.24, 2.45) is 0 Å². The molecule has 0 bridgehead atoms. The lowest BCUT2D eigenvalue weighted by Crippen LogP contribution is -2.42. The van der Waals surface area contributed by atoms with Crippen molar-refractivity contribution >= 4 is 29.0 Å². The number of amides is 1. The van der Waals surface area contributed by atoms with Crippen molar-refractivity contribution in [1.29, 1.82) is 0 Å². The second-order valence-corrected chi connectivity index (χ2v) is 7.05. The highest BCUT2D eigenvalue weighted by molar-refractivity contribution is 7.99. The largest absolute Gasteiger partial charge is 0.339 e. The van der Waals surface area contributed by atoms with Crippen molar-refractivity contribution in [2.75, 3.05) is 12.3 Å². The lowest BCUT2D eigenvalue weighted by atomic mass is 10.0. The van der Waals surface area contributed by atoms with Gasteiger partial charge in [0.1, 0.15) is 0 Å². The molecular weight excluding hydrogens is 304 g/mol. The summed E-state index contributed by atoms with van der Waals surface area (Å²) in [7, 11) is 0. The molecule has 1 amide bonds. The molecule has 1 atom stereocenters. The van der Waals surface area contributed by atoms with Gasteiger partial charge in [-0.3, -0.25) is 9.89 Å². The summed E-state index contributed by atoms with van der Waals surface area (Å²) in [6.07, 6.45) is 3.45. The summed E-state index contributed by atoms with van der Waals surface area (Å²) < 4.78 is 0. The molecule has 112 valence electrons. The fourth-order valence-corrected chi connectivity index (χ4v) is 3.86. The SMILES string of the molecule is C[C@H]1CCCCN1C(=O)CSc1n[nH]c(-c2cccs2)n1. The Labute approximate surface area is 132 Å². The van der Waals surface area contributed by atoms with E-state index in [2.05, 4.69) is 22.1 Å². The van der Waals surface area contributed by atoms with Crippen LogP contribution in [0.3, 0.4) is 0 Å². The first-order valence-electron chi connectivity index (χ1n) is 7.12. The molecule has 0 aliphatic carbocycles. The summed E-state index contributed by atoms with van der Waals surface area (Å²) >= 11 is 3.02. The Balaban J connectivity index is 1.56. The minimum Gasteiger partial charge on any atom is -0.339 e. The number of carbonyl (C=O) groups is 1. The number of nitrogens with zero attached hydrogens (tertiary/aromatic N) is 3. The van der Waals surface area contributed by atoms with E-state index in [1.807, 2.05) is 22.4 Å². The maximum absolute atomic E-state index is 12.3. The molecule has 2 aromatic heterocycles. The van der Waals surface area contributed by atoms with Gasteiger partial charge in [-0.25, -0.2) is 4.98 Å². The predicted octanol–water partition coefficient (Wildman–Crippen LogP) is 3.03. The standard InChI is InChI=1S/C14H18N4OS2/c1-10-5-2-3-7-18(10)12(19)9-21-14-15-13(16-17-14)11-6-4-8-20-11/h4,6,8,10H,2-3,5,7,9H2,1H3,(H,15,16,17)/t10-/m0/s1. The third-order valence-corrected chi connectivity index (χ3v) is 5.38. The Morgan fingerprint density at radius 2 is 2.48 bits per heavy atom. The lowest BCUT2D eigenvalue weighted by Gasteiger charge is -2.33. The van der Waals surface area contributed by atoms with E-state index in [-0.39, 0.29) is 5.91 Å². The molecule has 5 nitrogen and oxygen atoms in total. The molecule has 3 heterocycles. The molecular formula is C14H18N4OS2. The summed E-state index contributed by atoms with van der Waals surface area (Å²) in [4.78, 5) is 19.7. The van der Waals surface area contributed by atoms with Crippen molar-refractivity contribution in [3.05, 3.63) is 17.5 Å². The van der Waals surface area contributed by atoms with Gasteiger partial charge in [-0.15, -0.1) is 16.4 Å². The number of rotatable bonds is 4. The number of thioether (sulfide) groups is 1. The van der Waals surface area contributed by atoms with Crippen LogP contribution in [0.5, 0.6) is 0 Å². The Morgan fingerprint density at radius 1 is 1.57 bits per heavy atom. The number of aromatic amines is 1. The third kappa shape index (κ3) is 3.47. The Bertz CT molecular complexity index is 596. The van der Waals surface area contributed by atoms with Crippen LogP contribution in [0, 0.1) is 0 Å². The molecule has 1 aliphatic rings. The van der Waals surface area contributed by atoms with Gasteiger partial charge in [0.05, 0.1) is 10.6 Å². The van der Waals surface area contributed by atoms with Crippen LogP contribution in [0.1, 0.15) is 26.2 Å². The second-order valence-electron chi connectivity index (χ2n) is 5.16. The molecule has 1 aliphatic heterocycles. The van der Waals surface area contributed by atoms with Crippen molar-refractivity contribution in [3.8, 4) is 10.7 Å². The van der Waals surface area contributed by atoms with Gasteiger partial charge in [0.25, 0.3) is 0 Å². The maximum Gasteiger partial charge on any atom is 0.233 e. The van der Waals surface area contributed by atoms with E-state index in [4.69, 9.17) is 0 Å². The zero-order valence-electron chi connectivity index (χ0n) is 11.9. The van der Waals surface area contributed by atoms with Gasteiger partial charge < -0.3 is 4.90 Å². The fourth-order valence-electron chi connectivity index (χ4n) is 2.51. The summed E-state index contributed by atoms with van der Waals surface area (Å²) in [5, 5.41) is 9.74. The van der Waals surface area contributed by atoms with Crippen LogP contribution in [0.15, 0.2) is 22.7 Å². The van der Waals surface area contributed by atoms with E-state index in [1.54, 1.807) is 11.3 Å². The second kappa shape index (κ2) is 6.62. The number of H-pyrrole nitrogens is 1. The summed E-state index contributed by atoms with van der Waals surface area (Å²) in [5.74, 6) is 1.37. The number of piperidine rings is 1. The average molecular weight is 322 g/mol. The van der Waals surface area contributed by atoms with Crippen molar-refractivity contribution < 1.29 is 4.79 Å². The summed E-state index contributed by atoms with van der Waals surface area (Å²) in [5.41, 5.74) is 0. The summed E-state index contributed by atoms with van der Waals surface area (Å²) in [6, 6.07) is 4.34. The van der Waals surface area contributed by atoms with Gasteiger partial charge >= 0.3 is 0 Å². The Hall–Kier alpha value is -1.34. The minimum atomic E-state index is 0.190. The molecule has 1 fully saturated rings. The quantitative estimate of drug-likeness (QED) is 0.879. The molecule has 7 heteroatoms. The topological polar surface area (TPSA) is 61.9 Å². The Morgan fingerprint density at radius 3 is 3.24 bits per heavy atom. The smallest absolute Gasteiger partial charge is 0.233 e. The average Bonchev–Trinajstić information content (AvgIpc) is 3.16. The first kappa shape index (κ1) is 14.6. The number of hydrogen-bond donors (Lipinski definition) is 1. The molecule has 0 radical (unpaired) electrons. The van der Waals surface area contributed by atoms with Crippen LogP contribution in [0.25, 0.3) is 10.7 Å². The van der Waals surface area contributed by atoms with Gasteiger partial charge in [0, 0.05) is 12.6 Å². The van der Waals surface area contributed by atoms with Crippen LogP contribution in [0.2, 0.25) is 0 Å². The fraction of sp³-hybridized carbons (Fsp3) is 0.500. The van der Waals surface area contributed by atoms with E-state index < -0.39 is 0 Å². The number of hydrogen-bond acceptors (Lipinski definition) is 5. The van der Waals surface area contributed by atoms with E-state index >= 15 is 0 Å². The van der Waals surface area contributed by atoms with Crippen LogP contribution in [-0.2, 0) is 4.79 Å². The van der Waals surface area contributed by atoms with Gasteiger partial charge in [0.2, 0.25) is 11.1 Å². The third-order valence-electron chi connectivity index (χ3n) is 3.67. The molecule has 0 aromatic carbocycles. The molecule has 1 saturated heterocycles. The number of carbonyl (C=O) groups excluding carboxylic acids is 1. The van der Waals surface area contributed by atoms with Gasteiger partial charge in [-0.2, -0.15) is 0 Å². The van der Waals surface area contributed by atoms with Crippen LogP contribution < -0.4 is 0 Å². The van der Waals surface area contributed by atoms with Crippen molar-refractivity contribution in [2.45, 2.75) is 37.4 Å². The normalized spacial score (nSPS) is 18.9. The zero-order valence-corrected chi connectivity index (χ0v) is 13.5. The van der Waals surface area contributed by atoms with E-state index in [9.17, 15) is 4.79 Å². The minimum absolute atomic E-state index is 0.190. The highest BCUT2D eigenvalue weighted by Gasteiger charge is 2.23. The van der Waals surface area contributed by atoms with Crippen molar-refractivity contribution in [3.63, 3.8) is 0 Å². The molecule has 0 unspecified atom stereocenters. The first-order chi connectivity index (χ1) is 10.2. The van der Waals surface area contributed by atoms with Gasteiger partial charge in [-0.1, -0.05) is 17.8 Å². The first-order valence-corrected chi connectivity index (χ1v) is 8.99. The number of likely N-dealkylation sites (tertiary alicyclic amines) is 1. The van der Waals surface area contributed by atoms with E-state index in [0.29, 0.717) is 17.0 Å². The highest BCUT2D eigenvalue weighted by atomic mass is 32.2. The molecule has 1 N–H and O–H groups in total. The molecule has 0 saturated carbocycles. The summed E-state index contributed by atoms with van der Waals surface area (Å²) in [6.45, 7) is 3.01. The number of thiophene rings is 1. The predicted molar refractivity (Wildman–Crippen MR) is 85.4 cm³/mol. The van der Waals surface area contributed by atoms with E-state index in [0.717, 1.165) is 30.1 Å². The van der Waals surface area contributed by atoms with Gasteiger partial charge in [0.15, 0.2) is 5.82 Å². The monoisotopic (exact) mass is 322 g/mol. The Kier molecular flexibility index (Phi) is 4.60. The lowest BCUT2D eigenvalue weighted by molar-refractivity contribution is -0.131. The molecule has 3 rings (SSSR count). The number of aromatic nitrogens is 3. The number of nitrogens with one attached hydrogen (secondary N) is 1. The van der Waals surface area contributed by atoms with Crippen molar-refractivity contribution in [1.82, 2.24) is 20.1 Å². The molecule has 21 heavy (non-hydrogen) atoms. The zero-order chi connectivity index (χ0) is 14.7.